The van der Waals surface area contributed by atoms with E-state index in [-0.39, 0.29) is 11.1 Å². The Bertz CT molecular complexity index is 683. The molecule has 86 valence electrons. The SMILES string of the molecule is O=C(O)c1c[nH]c2ccc([N+](=O)[O-])cc2c1=O. The number of nitrogens with one attached hydrogen (secondary N) is 1. The molecule has 0 atom stereocenters. The predicted octanol–water partition coefficient (Wildman–Crippen LogP) is 1.13. The van der Waals surface area contributed by atoms with Gasteiger partial charge in [0.2, 0.25) is 5.43 Å². The van der Waals surface area contributed by atoms with Crippen molar-refractivity contribution < 1.29 is 14.8 Å². The Hall–Kier alpha value is -2.70. The number of carboxylic acid groups (broad SMARTS) is 1. The van der Waals surface area contributed by atoms with E-state index in [2.05, 4.69) is 4.98 Å². The molecule has 1 aromatic carbocycles. The third kappa shape index (κ3) is 1.73. The third-order valence-corrected chi connectivity index (χ3v) is 2.31. The first-order valence-electron chi connectivity index (χ1n) is 4.54. The first-order chi connectivity index (χ1) is 8.00. The second-order valence-corrected chi connectivity index (χ2v) is 3.32. The van der Waals surface area contributed by atoms with Crippen LogP contribution >= 0.6 is 0 Å². The van der Waals surface area contributed by atoms with Crippen molar-refractivity contribution in [2.75, 3.05) is 0 Å². The number of aromatic carboxylic acids is 1. The maximum absolute atomic E-state index is 11.7. The number of H-pyrrole nitrogens is 1. The van der Waals surface area contributed by atoms with Gasteiger partial charge in [-0.05, 0) is 6.07 Å². The van der Waals surface area contributed by atoms with Crippen LogP contribution in [-0.4, -0.2) is 21.0 Å². The van der Waals surface area contributed by atoms with Gasteiger partial charge in [0, 0.05) is 23.8 Å². The van der Waals surface area contributed by atoms with Gasteiger partial charge in [0.25, 0.3) is 5.69 Å². The number of pyridine rings is 1. The van der Waals surface area contributed by atoms with Crippen LogP contribution in [0.3, 0.4) is 0 Å². The summed E-state index contributed by atoms with van der Waals surface area (Å²) in [4.78, 5) is 35.0. The zero-order chi connectivity index (χ0) is 12.6. The van der Waals surface area contributed by atoms with Crippen LogP contribution in [0.25, 0.3) is 10.9 Å². The Kier molecular flexibility index (Phi) is 2.36. The summed E-state index contributed by atoms with van der Waals surface area (Å²) >= 11 is 0. The molecule has 1 aromatic heterocycles. The molecule has 1 heterocycles. The standard InChI is InChI=1S/C10H6N2O5/c13-9-6-3-5(12(16)17)1-2-8(6)11-4-7(9)10(14)15/h1-4H,(H,11,13)(H,14,15). The fraction of sp³-hybridized carbons (Fsp3) is 0. The Morgan fingerprint density at radius 1 is 1.41 bits per heavy atom. The van der Waals surface area contributed by atoms with Crippen molar-refractivity contribution in [1.29, 1.82) is 0 Å². The van der Waals surface area contributed by atoms with Gasteiger partial charge in [0.15, 0.2) is 0 Å². The minimum absolute atomic E-state index is 0.0147. The number of hydrogen-bond acceptors (Lipinski definition) is 4. The summed E-state index contributed by atoms with van der Waals surface area (Å²) in [5.74, 6) is -1.38. The van der Waals surface area contributed by atoms with E-state index in [1.54, 1.807) is 0 Å². The zero-order valence-corrected chi connectivity index (χ0v) is 8.34. The van der Waals surface area contributed by atoms with E-state index in [4.69, 9.17) is 5.11 Å². The van der Waals surface area contributed by atoms with Gasteiger partial charge < -0.3 is 10.1 Å². The number of carboxylic acids is 1. The minimum atomic E-state index is -1.38. The molecule has 0 unspecified atom stereocenters. The molecule has 7 nitrogen and oxygen atoms in total. The maximum atomic E-state index is 11.7. The second kappa shape index (κ2) is 3.71. The van der Waals surface area contributed by atoms with E-state index in [0.29, 0.717) is 5.52 Å². The first kappa shape index (κ1) is 10.8. The molecule has 0 spiro atoms. The smallest absolute Gasteiger partial charge is 0.341 e. The molecule has 2 rings (SSSR count). The predicted molar refractivity (Wildman–Crippen MR) is 58.2 cm³/mol. The van der Waals surface area contributed by atoms with Crippen LogP contribution in [0.2, 0.25) is 0 Å². The van der Waals surface area contributed by atoms with Crippen LogP contribution in [0.1, 0.15) is 10.4 Å². The van der Waals surface area contributed by atoms with Gasteiger partial charge in [0.1, 0.15) is 5.56 Å². The van der Waals surface area contributed by atoms with Crippen molar-refractivity contribution in [1.82, 2.24) is 4.98 Å². The van der Waals surface area contributed by atoms with Gasteiger partial charge in [-0.15, -0.1) is 0 Å². The highest BCUT2D eigenvalue weighted by Crippen LogP contribution is 2.16. The van der Waals surface area contributed by atoms with Gasteiger partial charge in [-0.25, -0.2) is 4.79 Å². The Morgan fingerprint density at radius 2 is 2.12 bits per heavy atom. The Balaban J connectivity index is 2.83. The summed E-state index contributed by atoms with van der Waals surface area (Å²) in [6.07, 6.45) is 1.07. The third-order valence-electron chi connectivity index (χ3n) is 2.31. The summed E-state index contributed by atoms with van der Waals surface area (Å²) < 4.78 is 0. The van der Waals surface area contributed by atoms with Crippen molar-refractivity contribution in [2.24, 2.45) is 0 Å². The van der Waals surface area contributed by atoms with Gasteiger partial charge in [-0.3, -0.25) is 14.9 Å². The molecule has 0 saturated carbocycles. The molecule has 0 aliphatic heterocycles. The zero-order valence-electron chi connectivity index (χ0n) is 8.34. The topological polar surface area (TPSA) is 113 Å². The van der Waals surface area contributed by atoms with Crippen LogP contribution in [0.15, 0.2) is 29.2 Å². The van der Waals surface area contributed by atoms with Crippen LogP contribution in [0.4, 0.5) is 5.69 Å². The lowest BCUT2D eigenvalue weighted by Crippen LogP contribution is -2.15. The molecule has 2 aromatic rings. The van der Waals surface area contributed by atoms with E-state index in [0.717, 1.165) is 12.3 Å². The van der Waals surface area contributed by atoms with E-state index < -0.39 is 21.9 Å². The average molecular weight is 234 g/mol. The fourth-order valence-corrected chi connectivity index (χ4v) is 1.48. The number of non-ortho nitro benzene ring substituents is 1. The van der Waals surface area contributed by atoms with Crippen molar-refractivity contribution in [3.63, 3.8) is 0 Å². The molecule has 0 amide bonds. The molecular weight excluding hydrogens is 228 g/mol. The molecule has 0 radical (unpaired) electrons. The van der Waals surface area contributed by atoms with Gasteiger partial charge in [-0.1, -0.05) is 0 Å². The lowest BCUT2D eigenvalue weighted by atomic mass is 10.1. The number of benzene rings is 1. The van der Waals surface area contributed by atoms with Crippen molar-refractivity contribution in [3.8, 4) is 0 Å². The molecule has 7 heteroatoms. The summed E-state index contributed by atoms with van der Waals surface area (Å²) in [6, 6.07) is 3.65. The summed E-state index contributed by atoms with van der Waals surface area (Å²) in [5.41, 5.74) is -1.09. The summed E-state index contributed by atoms with van der Waals surface area (Å²) in [6.45, 7) is 0. The number of nitrogens with zero attached hydrogens (tertiary/aromatic N) is 1. The Morgan fingerprint density at radius 3 is 2.71 bits per heavy atom. The molecule has 0 aliphatic carbocycles. The number of aromatic nitrogens is 1. The Labute approximate surface area is 93.5 Å². The normalized spacial score (nSPS) is 10.4. The van der Waals surface area contributed by atoms with Crippen LogP contribution in [0.5, 0.6) is 0 Å². The fourth-order valence-electron chi connectivity index (χ4n) is 1.48. The van der Waals surface area contributed by atoms with Crippen LogP contribution in [0, 0.1) is 10.1 Å². The molecule has 0 saturated heterocycles. The molecule has 17 heavy (non-hydrogen) atoms. The van der Waals surface area contributed by atoms with E-state index >= 15 is 0 Å². The molecule has 0 fully saturated rings. The van der Waals surface area contributed by atoms with Gasteiger partial charge in [-0.2, -0.15) is 0 Å². The number of nitro benzene ring substituents is 1. The van der Waals surface area contributed by atoms with Crippen molar-refractivity contribution in [3.05, 3.63) is 50.3 Å². The largest absolute Gasteiger partial charge is 0.477 e. The number of aromatic amines is 1. The highest BCUT2D eigenvalue weighted by Gasteiger charge is 2.14. The van der Waals surface area contributed by atoms with E-state index in [1.807, 2.05) is 0 Å². The number of fused-ring (bicyclic) bond motifs is 1. The van der Waals surface area contributed by atoms with Gasteiger partial charge >= 0.3 is 5.97 Å². The summed E-state index contributed by atoms with van der Waals surface area (Å²) in [5, 5.41) is 19.3. The number of rotatable bonds is 2. The molecule has 2 N–H and O–H groups in total. The second-order valence-electron chi connectivity index (χ2n) is 3.32. The molecule has 0 aliphatic rings. The summed E-state index contributed by atoms with van der Waals surface area (Å²) in [7, 11) is 0. The highest BCUT2D eigenvalue weighted by atomic mass is 16.6. The quantitative estimate of drug-likeness (QED) is 0.597. The van der Waals surface area contributed by atoms with E-state index in [9.17, 15) is 19.7 Å². The van der Waals surface area contributed by atoms with Gasteiger partial charge in [0.05, 0.1) is 10.3 Å². The number of hydrogen-bond donors (Lipinski definition) is 2. The molecule has 0 bridgehead atoms. The number of carbonyl (C=O) groups is 1. The number of nitro groups is 1. The lowest BCUT2D eigenvalue weighted by molar-refractivity contribution is -0.384. The lowest BCUT2D eigenvalue weighted by Gasteiger charge is -1.99. The highest BCUT2D eigenvalue weighted by molar-refractivity contribution is 5.92. The van der Waals surface area contributed by atoms with E-state index in [1.165, 1.54) is 12.1 Å². The first-order valence-corrected chi connectivity index (χ1v) is 4.54. The maximum Gasteiger partial charge on any atom is 0.341 e. The van der Waals surface area contributed by atoms with Crippen molar-refractivity contribution in [2.45, 2.75) is 0 Å². The minimum Gasteiger partial charge on any atom is -0.477 e. The van der Waals surface area contributed by atoms with Crippen LogP contribution < -0.4 is 5.43 Å². The van der Waals surface area contributed by atoms with Crippen LogP contribution in [-0.2, 0) is 0 Å². The monoisotopic (exact) mass is 234 g/mol. The average Bonchev–Trinajstić information content (AvgIpc) is 2.28. The molecular formula is C10H6N2O5. The van der Waals surface area contributed by atoms with Crippen molar-refractivity contribution >= 4 is 22.6 Å².